The normalized spacial score (nSPS) is 11.6. The van der Waals surface area contributed by atoms with Crippen LogP contribution in [0.2, 0.25) is 0 Å². The van der Waals surface area contributed by atoms with E-state index in [1.165, 1.54) is 10.9 Å². The second kappa shape index (κ2) is 11.8. The van der Waals surface area contributed by atoms with E-state index in [1.54, 1.807) is 13.3 Å². The molecular formula is C23H31N5O2. The van der Waals surface area contributed by atoms with Crippen molar-refractivity contribution in [2.75, 3.05) is 33.4 Å². The minimum absolute atomic E-state index is 0.469. The number of ether oxygens (including phenoxy) is 2. The molecule has 2 aromatic heterocycles. The molecule has 2 N–H and O–H groups in total. The largest absolute Gasteiger partial charge is 0.475 e. The van der Waals surface area contributed by atoms with Crippen LogP contribution in [0.5, 0.6) is 5.88 Å². The van der Waals surface area contributed by atoms with Crippen LogP contribution in [0.4, 0.5) is 0 Å². The Balaban J connectivity index is 1.52. The zero-order valence-electron chi connectivity index (χ0n) is 17.8. The van der Waals surface area contributed by atoms with E-state index < -0.39 is 0 Å². The molecule has 1 aromatic carbocycles. The molecule has 3 rings (SSSR count). The molecule has 3 aromatic rings. The number of para-hydroxylation sites is 1. The third kappa shape index (κ3) is 6.22. The number of aromatic nitrogens is 2. The molecular weight excluding hydrogens is 378 g/mol. The Morgan fingerprint density at radius 1 is 1.10 bits per heavy atom. The van der Waals surface area contributed by atoms with Crippen LogP contribution in [0.15, 0.2) is 59.9 Å². The second-order valence-electron chi connectivity index (χ2n) is 6.85. The van der Waals surface area contributed by atoms with Crippen LogP contribution >= 0.6 is 0 Å². The Kier molecular flexibility index (Phi) is 8.53. The van der Waals surface area contributed by atoms with Crippen molar-refractivity contribution in [2.24, 2.45) is 4.99 Å². The van der Waals surface area contributed by atoms with Crippen molar-refractivity contribution < 1.29 is 9.47 Å². The molecule has 0 bridgehead atoms. The first-order valence-corrected chi connectivity index (χ1v) is 10.4. The van der Waals surface area contributed by atoms with Gasteiger partial charge in [-0.3, -0.25) is 0 Å². The molecule has 0 spiro atoms. The summed E-state index contributed by atoms with van der Waals surface area (Å²) in [5, 5.41) is 7.99. The number of aliphatic imine (C=N–C) groups is 1. The third-order valence-electron chi connectivity index (χ3n) is 4.68. The molecule has 0 saturated carbocycles. The molecule has 0 aliphatic carbocycles. The quantitative estimate of drug-likeness (QED) is 0.289. The lowest BCUT2D eigenvalue weighted by molar-refractivity contribution is 0.143. The topological polar surface area (TPSA) is 72.7 Å². The summed E-state index contributed by atoms with van der Waals surface area (Å²) in [7, 11) is 1.65. The first-order valence-electron chi connectivity index (χ1n) is 10.4. The monoisotopic (exact) mass is 409 g/mol. The fourth-order valence-electron chi connectivity index (χ4n) is 3.19. The minimum Gasteiger partial charge on any atom is -0.475 e. The summed E-state index contributed by atoms with van der Waals surface area (Å²) >= 11 is 0. The van der Waals surface area contributed by atoms with Crippen LogP contribution in [0, 0.1) is 0 Å². The van der Waals surface area contributed by atoms with Gasteiger partial charge >= 0.3 is 0 Å². The van der Waals surface area contributed by atoms with E-state index in [2.05, 4.69) is 63.6 Å². The molecule has 0 amide bonds. The smallest absolute Gasteiger partial charge is 0.218 e. The number of hydrogen-bond donors (Lipinski definition) is 2. The zero-order valence-corrected chi connectivity index (χ0v) is 17.8. The van der Waals surface area contributed by atoms with Gasteiger partial charge in [-0.05, 0) is 36.9 Å². The molecule has 0 aliphatic heterocycles. The molecule has 7 nitrogen and oxygen atoms in total. The van der Waals surface area contributed by atoms with E-state index in [0.717, 1.165) is 37.6 Å². The van der Waals surface area contributed by atoms with Gasteiger partial charge in [-0.1, -0.05) is 24.3 Å². The Labute approximate surface area is 178 Å². The van der Waals surface area contributed by atoms with Crippen LogP contribution in [0.3, 0.4) is 0 Å². The summed E-state index contributed by atoms with van der Waals surface area (Å²) in [5.74, 6) is 1.40. The summed E-state index contributed by atoms with van der Waals surface area (Å²) < 4.78 is 13.0. The first-order chi connectivity index (χ1) is 14.8. The van der Waals surface area contributed by atoms with E-state index in [1.807, 2.05) is 12.1 Å². The number of rotatable bonds is 11. The average molecular weight is 410 g/mol. The van der Waals surface area contributed by atoms with Crippen LogP contribution in [0.25, 0.3) is 10.9 Å². The molecule has 2 heterocycles. The van der Waals surface area contributed by atoms with Crippen molar-refractivity contribution in [3.8, 4) is 5.88 Å². The van der Waals surface area contributed by atoms with Crippen LogP contribution in [0.1, 0.15) is 18.9 Å². The highest BCUT2D eigenvalue weighted by atomic mass is 16.5. The number of methoxy groups -OCH3 is 1. The predicted octanol–water partition coefficient (Wildman–Crippen LogP) is 3.21. The molecule has 0 aliphatic rings. The number of guanidine groups is 1. The highest BCUT2D eigenvalue weighted by molar-refractivity contribution is 5.80. The number of fused-ring (bicyclic) bond motifs is 1. The fraction of sp³-hybridized carbons (Fsp3) is 0.391. The summed E-state index contributed by atoms with van der Waals surface area (Å²) in [5.41, 5.74) is 2.22. The fourth-order valence-corrected chi connectivity index (χ4v) is 3.19. The molecule has 0 atom stereocenters. The van der Waals surface area contributed by atoms with Crippen molar-refractivity contribution >= 4 is 16.9 Å². The lowest BCUT2D eigenvalue weighted by Gasteiger charge is -2.13. The molecule has 0 radical (unpaired) electrons. The number of pyridine rings is 1. The van der Waals surface area contributed by atoms with Gasteiger partial charge in [-0.2, -0.15) is 0 Å². The van der Waals surface area contributed by atoms with Crippen molar-refractivity contribution in [1.82, 2.24) is 20.2 Å². The van der Waals surface area contributed by atoms with Gasteiger partial charge in [0.25, 0.3) is 0 Å². The zero-order chi connectivity index (χ0) is 21.0. The van der Waals surface area contributed by atoms with Gasteiger partial charge in [0.2, 0.25) is 5.88 Å². The highest BCUT2D eigenvalue weighted by Crippen LogP contribution is 2.16. The SMILES string of the molecule is CCNC(=NCc1cccnc1OCCOC)NCCCn1ccc2ccccc21. The number of benzene rings is 1. The second-order valence-corrected chi connectivity index (χ2v) is 6.85. The van der Waals surface area contributed by atoms with E-state index in [-0.39, 0.29) is 0 Å². The van der Waals surface area contributed by atoms with E-state index >= 15 is 0 Å². The van der Waals surface area contributed by atoms with E-state index in [9.17, 15) is 0 Å². The summed E-state index contributed by atoms with van der Waals surface area (Å²) in [4.78, 5) is 9.01. The standard InChI is InChI=1S/C23H31N5O2/c1-3-24-23(27-18-20-9-6-12-25-22(20)30-17-16-29-2)26-13-7-14-28-15-11-19-8-4-5-10-21(19)28/h4-6,8-12,15H,3,7,13-14,16-18H2,1-2H3,(H2,24,26,27). The summed E-state index contributed by atoms with van der Waals surface area (Å²) in [6.45, 7) is 6.15. The van der Waals surface area contributed by atoms with Gasteiger partial charge in [0.05, 0.1) is 13.2 Å². The van der Waals surface area contributed by atoms with Crippen molar-refractivity contribution in [3.63, 3.8) is 0 Å². The molecule has 160 valence electrons. The lowest BCUT2D eigenvalue weighted by atomic mass is 10.2. The Morgan fingerprint density at radius 3 is 2.87 bits per heavy atom. The third-order valence-corrected chi connectivity index (χ3v) is 4.68. The van der Waals surface area contributed by atoms with Gasteiger partial charge in [0.15, 0.2) is 5.96 Å². The Hall–Kier alpha value is -3.06. The summed E-state index contributed by atoms with van der Waals surface area (Å²) in [6.07, 6.45) is 4.88. The number of nitrogens with zero attached hydrogens (tertiary/aromatic N) is 3. The lowest BCUT2D eigenvalue weighted by Crippen LogP contribution is -2.38. The van der Waals surface area contributed by atoms with Gasteiger partial charge in [0, 0.05) is 50.2 Å². The van der Waals surface area contributed by atoms with Crippen molar-refractivity contribution in [3.05, 3.63) is 60.4 Å². The number of hydrogen-bond acceptors (Lipinski definition) is 4. The number of aryl methyl sites for hydroxylation is 1. The van der Waals surface area contributed by atoms with Crippen molar-refractivity contribution in [2.45, 2.75) is 26.4 Å². The molecule has 30 heavy (non-hydrogen) atoms. The first kappa shape index (κ1) is 21.6. The molecule has 0 saturated heterocycles. The predicted molar refractivity (Wildman–Crippen MR) is 121 cm³/mol. The molecule has 0 unspecified atom stereocenters. The number of nitrogens with one attached hydrogen (secondary N) is 2. The molecule has 7 heteroatoms. The average Bonchev–Trinajstić information content (AvgIpc) is 3.19. The maximum Gasteiger partial charge on any atom is 0.218 e. The van der Waals surface area contributed by atoms with Gasteiger partial charge in [-0.25, -0.2) is 9.98 Å². The highest BCUT2D eigenvalue weighted by Gasteiger charge is 2.05. The van der Waals surface area contributed by atoms with Gasteiger partial charge in [0.1, 0.15) is 6.61 Å². The van der Waals surface area contributed by atoms with Crippen LogP contribution in [-0.2, 0) is 17.8 Å². The van der Waals surface area contributed by atoms with E-state index in [4.69, 9.17) is 14.5 Å². The van der Waals surface area contributed by atoms with Gasteiger partial charge < -0.3 is 24.7 Å². The maximum atomic E-state index is 5.70. The van der Waals surface area contributed by atoms with E-state index in [0.29, 0.717) is 25.6 Å². The maximum absolute atomic E-state index is 5.70. The molecule has 0 fully saturated rings. The Morgan fingerprint density at radius 2 is 2.00 bits per heavy atom. The van der Waals surface area contributed by atoms with Crippen molar-refractivity contribution in [1.29, 1.82) is 0 Å². The Bertz CT molecular complexity index is 938. The summed E-state index contributed by atoms with van der Waals surface area (Å²) in [6, 6.07) is 14.5. The van der Waals surface area contributed by atoms with Crippen LogP contribution in [-0.4, -0.2) is 48.9 Å². The minimum atomic E-state index is 0.469. The van der Waals surface area contributed by atoms with Gasteiger partial charge in [-0.15, -0.1) is 0 Å². The van der Waals surface area contributed by atoms with Crippen LogP contribution < -0.4 is 15.4 Å².